The van der Waals surface area contributed by atoms with Crippen LogP contribution < -0.4 is 5.32 Å². The Morgan fingerprint density at radius 1 is 1.10 bits per heavy atom. The molecule has 2 aromatic carbocycles. The molecule has 2 amide bonds. The number of nitrogens with one attached hydrogen (secondary N) is 1. The Kier molecular flexibility index (Phi) is 8.68. The first-order chi connectivity index (χ1) is 15.0. The molecule has 0 unspecified atom stereocenters. The first-order valence-electron chi connectivity index (χ1n) is 11.2. The molecule has 31 heavy (non-hydrogen) atoms. The fourth-order valence-electron chi connectivity index (χ4n) is 3.67. The molecule has 1 aliphatic rings. The fourth-order valence-corrected chi connectivity index (χ4v) is 3.67. The molecule has 5 nitrogen and oxygen atoms in total. The number of amides is 2. The maximum absolute atomic E-state index is 13.1. The van der Waals surface area contributed by atoms with Gasteiger partial charge in [-0.1, -0.05) is 68.0 Å². The van der Waals surface area contributed by atoms with Crippen LogP contribution in [0.2, 0.25) is 0 Å². The number of rotatable bonds is 8. The van der Waals surface area contributed by atoms with Crippen LogP contribution in [-0.2, 0) is 4.74 Å². The lowest BCUT2D eigenvalue weighted by Crippen LogP contribution is -2.44. The van der Waals surface area contributed by atoms with E-state index in [1.54, 1.807) is 0 Å². The predicted octanol–water partition coefficient (Wildman–Crippen LogP) is 5.08. The molecule has 1 fully saturated rings. The van der Waals surface area contributed by atoms with Crippen molar-refractivity contribution in [1.29, 1.82) is 0 Å². The summed E-state index contributed by atoms with van der Waals surface area (Å²) in [6, 6.07) is 18.3. The predicted molar refractivity (Wildman–Crippen MR) is 128 cm³/mol. The van der Waals surface area contributed by atoms with Crippen molar-refractivity contribution in [3.63, 3.8) is 0 Å². The number of morpholine rings is 1. The molecule has 0 bridgehead atoms. The van der Waals surface area contributed by atoms with Gasteiger partial charge in [-0.3, -0.25) is 4.90 Å². The van der Waals surface area contributed by atoms with Crippen molar-refractivity contribution in [3.8, 4) is 0 Å². The maximum Gasteiger partial charge on any atom is 0.322 e. The number of carbonyl (C=O) groups is 1. The largest absolute Gasteiger partial charge is 0.379 e. The Hall–Kier alpha value is -2.63. The zero-order valence-corrected chi connectivity index (χ0v) is 19.0. The lowest BCUT2D eigenvalue weighted by atomic mass is 10.0. The second kappa shape index (κ2) is 11.7. The Morgan fingerprint density at radius 3 is 2.42 bits per heavy atom. The van der Waals surface area contributed by atoms with Gasteiger partial charge in [-0.2, -0.15) is 0 Å². The summed E-state index contributed by atoms with van der Waals surface area (Å²) >= 11 is 0. The Labute approximate surface area is 186 Å². The van der Waals surface area contributed by atoms with E-state index in [1.807, 2.05) is 35.2 Å². The molecule has 0 aliphatic carbocycles. The van der Waals surface area contributed by atoms with Crippen LogP contribution in [0.15, 0.2) is 60.2 Å². The fraction of sp³-hybridized carbons (Fsp3) is 0.423. The number of nitrogens with zero attached hydrogens (tertiary/aromatic N) is 2. The molecule has 0 spiro atoms. The van der Waals surface area contributed by atoms with Crippen molar-refractivity contribution in [2.75, 3.05) is 51.3 Å². The smallest absolute Gasteiger partial charge is 0.322 e. The highest BCUT2D eigenvalue weighted by molar-refractivity contribution is 5.89. The van der Waals surface area contributed by atoms with Crippen LogP contribution in [-0.4, -0.2) is 61.8 Å². The number of hydrogen-bond acceptors (Lipinski definition) is 3. The molecule has 1 saturated heterocycles. The van der Waals surface area contributed by atoms with Crippen LogP contribution in [0.25, 0.3) is 6.08 Å². The minimum Gasteiger partial charge on any atom is -0.379 e. The standard InChI is InChI=1S/C26H35N3O2/c1-21(2)24-9-11-25(12-10-24)27-26(30)29(14-13-28-15-17-31-18-16-28)20-22(3)19-23-7-5-4-6-8-23/h4-12,19,21H,13-18,20H2,1-3H3,(H,27,30)/b22-19+. The van der Waals surface area contributed by atoms with Gasteiger partial charge in [0.05, 0.1) is 13.2 Å². The first-order valence-corrected chi connectivity index (χ1v) is 11.2. The monoisotopic (exact) mass is 421 g/mol. The molecule has 0 atom stereocenters. The van der Waals surface area contributed by atoms with Gasteiger partial charge < -0.3 is 15.0 Å². The maximum atomic E-state index is 13.1. The van der Waals surface area contributed by atoms with Crippen LogP contribution in [0.5, 0.6) is 0 Å². The van der Waals surface area contributed by atoms with Crippen LogP contribution in [0, 0.1) is 0 Å². The van der Waals surface area contributed by atoms with Crippen molar-refractivity contribution >= 4 is 17.8 Å². The lowest BCUT2D eigenvalue weighted by molar-refractivity contribution is 0.0354. The third-order valence-electron chi connectivity index (χ3n) is 5.56. The second-order valence-corrected chi connectivity index (χ2v) is 8.48. The highest BCUT2D eigenvalue weighted by Crippen LogP contribution is 2.18. The number of ether oxygens (including phenoxy) is 1. The Balaban J connectivity index is 1.67. The summed E-state index contributed by atoms with van der Waals surface area (Å²) in [6.45, 7) is 11.9. The molecule has 5 heteroatoms. The van der Waals surface area contributed by atoms with Gasteiger partial charge in [-0.15, -0.1) is 0 Å². The molecule has 3 rings (SSSR count). The molecule has 1 aliphatic heterocycles. The zero-order chi connectivity index (χ0) is 22.1. The van der Waals surface area contributed by atoms with Gasteiger partial charge in [0, 0.05) is 38.4 Å². The van der Waals surface area contributed by atoms with Crippen molar-refractivity contribution in [1.82, 2.24) is 9.80 Å². The number of urea groups is 1. The number of benzene rings is 2. The molecule has 0 saturated carbocycles. The van der Waals surface area contributed by atoms with E-state index in [4.69, 9.17) is 4.74 Å². The van der Waals surface area contributed by atoms with E-state index in [9.17, 15) is 4.79 Å². The summed E-state index contributed by atoms with van der Waals surface area (Å²) in [6.07, 6.45) is 2.15. The number of anilines is 1. The van der Waals surface area contributed by atoms with Gasteiger partial charge in [0.25, 0.3) is 0 Å². The molecule has 2 aromatic rings. The van der Waals surface area contributed by atoms with E-state index in [2.05, 4.69) is 61.3 Å². The van der Waals surface area contributed by atoms with E-state index in [0.29, 0.717) is 19.0 Å². The highest BCUT2D eigenvalue weighted by Gasteiger charge is 2.17. The highest BCUT2D eigenvalue weighted by atomic mass is 16.5. The second-order valence-electron chi connectivity index (χ2n) is 8.48. The van der Waals surface area contributed by atoms with Crippen molar-refractivity contribution < 1.29 is 9.53 Å². The van der Waals surface area contributed by atoms with Gasteiger partial charge in [0.2, 0.25) is 0 Å². The molecule has 166 valence electrons. The van der Waals surface area contributed by atoms with Gasteiger partial charge in [0.1, 0.15) is 0 Å². The SMILES string of the molecule is C/C(=C\c1ccccc1)CN(CCN1CCOCC1)C(=O)Nc1ccc(C(C)C)cc1. The molecular weight excluding hydrogens is 386 g/mol. The van der Waals surface area contributed by atoms with E-state index in [-0.39, 0.29) is 6.03 Å². The molecule has 1 heterocycles. The van der Waals surface area contributed by atoms with Gasteiger partial charge in [-0.25, -0.2) is 4.79 Å². The third-order valence-corrected chi connectivity index (χ3v) is 5.56. The average molecular weight is 422 g/mol. The van der Waals surface area contributed by atoms with Crippen LogP contribution >= 0.6 is 0 Å². The quantitative estimate of drug-likeness (QED) is 0.646. The summed E-state index contributed by atoms with van der Waals surface area (Å²) < 4.78 is 5.45. The Morgan fingerprint density at radius 2 is 1.77 bits per heavy atom. The van der Waals surface area contributed by atoms with Crippen LogP contribution in [0.3, 0.4) is 0 Å². The van der Waals surface area contributed by atoms with E-state index in [1.165, 1.54) is 5.56 Å². The van der Waals surface area contributed by atoms with Crippen molar-refractivity contribution in [3.05, 3.63) is 71.3 Å². The zero-order valence-electron chi connectivity index (χ0n) is 19.0. The summed E-state index contributed by atoms with van der Waals surface area (Å²) in [5.74, 6) is 0.473. The van der Waals surface area contributed by atoms with Gasteiger partial charge in [0.15, 0.2) is 0 Å². The topological polar surface area (TPSA) is 44.8 Å². The Bertz CT molecular complexity index is 841. The summed E-state index contributed by atoms with van der Waals surface area (Å²) in [5, 5.41) is 3.08. The number of hydrogen-bond donors (Lipinski definition) is 1. The molecular formula is C26H35N3O2. The minimum absolute atomic E-state index is 0.0635. The molecule has 0 radical (unpaired) electrons. The summed E-state index contributed by atoms with van der Waals surface area (Å²) in [4.78, 5) is 17.4. The van der Waals surface area contributed by atoms with Crippen molar-refractivity contribution in [2.24, 2.45) is 0 Å². The van der Waals surface area contributed by atoms with Gasteiger partial charge >= 0.3 is 6.03 Å². The normalized spacial score (nSPS) is 15.2. The minimum atomic E-state index is -0.0635. The van der Waals surface area contributed by atoms with Gasteiger partial charge in [-0.05, 0) is 36.1 Å². The van der Waals surface area contributed by atoms with E-state index >= 15 is 0 Å². The average Bonchev–Trinajstić information content (AvgIpc) is 2.78. The van der Waals surface area contributed by atoms with Crippen LogP contribution in [0.1, 0.15) is 37.8 Å². The number of carbonyl (C=O) groups excluding carboxylic acids is 1. The summed E-state index contributed by atoms with van der Waals surface area (Å²) in [5.41, 5.74) is 4.40. The lowest BCUT2D eigenvalue weighted by Gasteiger charge is -2.30. The molecule has 1 N–H and O–H groups in total. The van der Waals surface area contributed by atoms with E-state index in [0.717, 1.165) is 49.7 Å². The summed E-state index contributed by atoms with van der Waals surface area (Å²) in [7, 11) is 0. The van der Waals surface area contributed by atoms with Crippen LogP contribution in [0.4, 0.5) is 10.5 Å². The van der Waals surface area contributed by atoms with Crippen molar-refractivity contribution in [2.45, 2.75) is 26.7 Å². The third kappa shape index (κ3) is 7.53. The molecule has 0 aromatic heterocycles. The van der Waals surface area contributed by atoms with E-state index < -0.39 is 0 Å². The first kappa shape index (κ1) is 23.0.